The number of rotatable bonds is 7. The fourth-order valence-electron chi connectivity index (χ4n) is 2.42. The van der Waals surface area contributed by atoms with Crippen LogP contribution in [0.25, 0.3) is 0 Å². The van der Waals surface area contributed by atoms with E-state index in [2.05, 4.69) is 5.32 Å². The highest BCUT2D eigenvalue weighted by Gasteiger charge is 2.41. The minimum atomic E-state index is 0.341. The summed E-state index contributed by atoms with van der Waals surface area (Å²) < 4.78 is 5.57. The lowest BCUT2D eigenvalue weighted by Gasteiger charge is -2.15. The second kappa shape index (κ2) is 5.28. The molecule has 15 heavy (non-hydrogen) atoms. The van der Waals surface area contributed by atoms with E-state index in [9.17, 15) is 0 Å². The van der Waals surface area contributed by atoms with Crippen LogP contribution in [0, 0.1) is 5.41 Å². The molecule has 1 atom stereocenters. The van der Waals surface area contributed by atoms with Crippen LogP contribution >= 0.6 is 0 Å². The molecule has 1 saturated carbocycles. The van der Waals surface area contributed by atoms with E-state index < -0.39 is 0 Å². The molecule has 2 N–H and O–H groups in total. The van der Waals surface area contributed by atoms with Gasteiger partial charge in [0.1, 0.15) is 0 Å². The summed E-state index contributed by atoms with van der Waals surface area (Å²) >= 11 is 0. The Morgan fingerprint density at radius 2 is 2.27 bits per heavy atom. The van der Waals surface area contributed by atoms with Crippen molar-refractivity contribution in [2.24, 2.45) is 5.41 Å². The number of hydrogen-bond acceptors (Lipinski definition) is 3. The molecule has 2 rings (SSSR count). The van der Waals surface area contributed by atoms with E-state index in [-0.39, 0.29) is 0 Å². The summed E-state index contributed by atoms with van der Waals surface area (Å²) in [5, 5.41) is 12.4. The maximum Gasteiger partial charge on any atom is 0.0588 e. The van der Waals surface area contributed by atoms with E-state index in [4.69, 9.17) is 9.84 Å². The topological polar surface area (TPSA) is 41.5 Å². The van der Waals surface area contributed by atoms with Gasteiger partial charge in [-0.2, -0.15) is 0 Å². The third kappa shape index (κ3) is 3.44. The SMILES string of the molecule is OCCC1(CNCCC2CCCO2)CC1. The summed E-state index contributed by atoms with van der Waals surface area (Å²) in [6, 6.07) is 0. The lowest BCUT2D eigenvalue weighted by atomic mass is 10.0. The highest BCUT2D eigenvalue weighted by Crippen LogP contribution is 2.47. The highest BCUT2D eigenvalue weighted by molar-refractivity contribution is 4.94. The van der Waals surface area contributed by atoms with Gasteiger partial charge in [-0.15, -0.1) is 0 Å². The monoisotopic (exact) mass is 213 g/mol. The number of aliphatic hydroxyl groups is 1. The molecule has 88 valence electrons. The fraction of sp³-hybridized carbons (Fsp3) is 1.00. The van der Waals surface area contributed by atoms with Crippen LogP contribution in [0.1, 0.15) is 38.5 Å². The van der Waals surface area contributed by atoms with Gasteiger partial charge in [-0.25, -0.2) is 0 Å². The second-order valence-corrected chi connectivity index (χ2v) is 5.07. The molecular formula is C12H23NO2. The van der Waals surface area contributed by atoms with Crippen LogP contribution in [0.15, 0.2) is 0 Å². The van der Waals surface area contributed by atoms with Crippen molar-refractivity contribution in [1.29, 1.82) is 0 Å². The number of ether oxygens (including phenoxy) is 1. The molecule has 3 heteroatoms. The molecule has 1 aliphatic heterocycles. The van der Waals surface area contributed by atoms with E-state index in [0.717, 1.165) is 32.5 Å². The molecule has 0 spiro atoms. The molecule has 0 aromatic carbocycles. The molecule has 3 nitrogen and oxygen atoms in total. The molecule has 1 unspecified atom stereocenters. The smallest absolute Gasteiger partial charge is 0.0588 e. The van der Waals surface area contributed by atoms with Gasteiger partial charge >= 0.3 is 0 Å². The van der Waals surface area contributed by atoms with Gasteiger partial charge in [-0.05, 0) is 50.5 Å². The first-order chi connectivity index (χ1) is 7.35. The molecule has 0 aromatic rings. The Hall–Kier alpha value is -0.120. The normalized spacial score (nSPS) is 28.2. The van der Waals surface area contributed by atoms with Crippen molar-refractivity contribution >= 4 is 0 Å². The van der Waals surface area contributed by atoms with Crippen molar-refractivity contribution in [2.45, 2.75) is 44.6 Å². The summed E-state index contributed by atoms with van der Waals surface area (Å²) in [7, 11) is 0. The summed E-state index contributed by atoms with van der Waals surface area (Å²) in [6.07, 6.45) is 7.68. The predicted molar refractivity (Wildman–Crippen MR) is 59.8 cm³/mol. The Bertz CT molecular complexity index is 186. The van der Waals surface area contributed by atoms with Crippen LogP contribution in [-0.2, 0) is 4.74 Å². The number of aliphatic hydroxyl groups excluding tert-OH is 1. The number of nitrogens with one attached hydrogen (secondary N) is 1. The average molecular weight is 213 g/mol. The summed E-state index contributed by atoms with van der Waals surface area (Å²) in [6.45, 7) is 3.45. The minimum Gasteiger partial charge on any atom is -0.396 e. The third-order valence-electron chi connectivity index (χ3n) is 3.77. The molecule has 1 aliphatic carbocycles. The number of hydrogen-bond donors (Lipinski definition) is 2. The van der Waals surface area contributed by atoms with Crippen LogP contribution in [0.2, 0.25) is 0 Å². The first-order valence-corrected chi connectivity index (χ1v) is 6.28. The lowest BCUT2D eigenvalue weighted by Crippen LogP contribution is -2.27. The maximum atomic E-state index is 8.92. The van der Waals surface area contributed by atoms with Crippen molar-refractivity contribution in [3.05, 3.63) is 0 Å². The summed E-state index contributed by atoms with van der Waals surface area (Å²) in [5.41, 5.74) is 0.450. The molecule has 0 amide bonds. The fourth-order valence-corrected chi connectivity index (χ4v) is 2.42. The van der Waals surface area contributed by atoms with E-state index in [1.54, 1.807) is 0 Å². The molecule has 2 aliphatic rings. The van der Waals surface area contributed by atoms with Gasteiger partial charge in [0.2, 0.25) is 0 Å². The standard InChI is InChI=1S/C12H23NO2/c14-8-6-12(4-5-12)10-13-7-3-11-2-1-9-15-11/h11,13-14H,1-10H2. The van der Waals surface area contributed by atoms with Crippen LogP contribution < -0.4 is 5.32 Å². The quantitative estimate of drug-likeness (QED) is 0.626. The van der Waals surface area contributed by atoms with E-state index >= 15 is 0 Å². The Morgan fingerprint density at radius 3 is 2.87 bits per heavy atom. The van der Waals surface area contributed by atoms with E-state index in [1.807, 2.05) is 0 Å². The van der Waals surface area contributed by atoms with Crippen LogP contribution in [0.3, 0.4) is 0 Å². The van der Waals surface area contributed by atoms with Gasteiger partial charge < -0.3 is 15.2 Å². The maximum absolute atomic E-state index is 8.92. The molecule has 0 aromatic heterocycles. The summed E-state index contributed by atoms with van der Waals surface area (Å²) in [4.78, 5) is 0. The van der Waals surface area contributed by atoms with Gasteiger partial charge in [0, 0.05) is 19.8 Å². The molecule has 0 radical (unpaired) electrons. The van der Waals surface area contributed by atoms with Gasteiger partial charge in [-0.3, -0.25) is 0 Å². The van der Waals surface area contributed by atoms with Gasteiger partial charge in [0.25, 0.3) is 0 Å². The Kier molecular flexibility index (Phi) is 4.00. The average Bonchev–Trinajstić information content (AvgIpc) is 2.80. The van der Waals surface area contributed by atoms with Crippen molar-refractivity contribution in [1.82, 2.24) is 5.32 Å². The zero-order valence-electron chi connectivity index (χ0n) is 9.50. The van der Waals surface area contributed by atoms with E-state index in [0.29, 0.717) is 18.1 Å². The molecule has 0 bridgehead atoms. The van der Waals surface area contributed by atoms with Crippen molar-refractivity contribution in [3.63, 3.8) is 0 Å². The largest absolute Gasteiger partial charge is 0.396 e. The third-order valence-corrected chi connectivity index (χ3v) is 3.77. The Morgan fingerprint density at radius 1 is 1.40 bits per heavy atom. The molecule has 2 fully saturated rings. The van der Waals surface area contributed by atoms with Gasteiger partial charge in [-0.1, -0.05) is 0 Å². The lowest BCUT2D eigenvalue weighted by molar-refractivity contribution is 0.103. The van der Waals surface area contributed by atoms with Gasteiger partial charge in [0.05, 0.1) is 6.10 Å². The van der Waals surface area contributed by atoms with Crippen molar-refractivity contribution < 1.29 is 9.84 Å². The second-order valence-electron chi connectivity index (χ2n) is 5.07. The zero-order chi connectivity index (χ0) is 10.6. The van der Waals surface area contributed by atoms with Crippen LogP contribution in [-0.4, -0.2) is 37.5 Å². The first kappa shape index (κ1) is 11.4. The van der Waals surface area contributed by atoms with E-state index in [1.165, 1.54) is 25.7 Å². The molecular weight excluding hydrogens is 190 g/mol. The molecule has 1 heterocycles. The Balaban J connectivity index is 1.51. The zero-order valence-corrected chi connectivity index (χ0v) is 9.50. The van der Waals surface area contributed by atoms with Crippen LogP contribution in [0.5, 0.6) is 0 Å². The van der Waals surface area contributed by atoms with Crippen molar-refractivity contribution in [3.8, 4) is 0 Å². The van der Waals surface area contributed by atoms with Gasteiger partial charge in [0.15, 0.2) is 0 Å². The van der Waals surface area contributed by atoms with Crippen LogP contribution in [0.4, 0.5) is 0 Å². The predicted octanol–water partition coefficient (Wildman–Crippen LogP) is 1.31. The molecule has 1 saturated heterocycles. The summed E-state index contributed by atoms with van der Waals surface area (Å²) in [5.74, 6) is 0. The Labute approximate surface area is 92.2 Å². The van der Waals surface area contributed by atoms with Crippen molar-refractivity contribution in [2.75, 3.05) is 26.3 Å². The highest BCUT2D eigenvalue weighted by atomic mass is 16.5. The first-order valence-electron chi connectivity index (χ1n) is 6.28. The minimum absolute atomic E-state index is 0.341.